The van der Waals surface area contributed by atoms with Gasteiger partial charge in [0.15, 0.2) is 0 Å². The van der Waals surface area contributed by atoms with Crippen LogP contribution in [-0.4, -0.2) is 38.7 Å². The predicted octanol–water partition coefficient (Wildman–Crippen LogP) is 2.56. The average molecular weight is 346 g/mol. The Kier molecular flexibility index (Phi) is 4.48. The molecule has 1 aromatic carbocycles. The van der Waals surface area contributed by atoms with Crippen molar-refractivity contribution in [3.63, 3.8) is 0 Å². The number of aromatic nitrogens is 3. The molecule has 1 aliphatic heterocycles. The maximum absolute atomic E-state index is 12.5. The Balaban J connectivity index is 2.15. The predicted molar refractivity (Wildman–Crippen MR) is 91.0 cm³/mol. The van der Waals surface area contributed by atoms with E-state index in [-0.39, 0.29) is 12.4 Å². The van der Waals surface area contributed by atoms with Crippen molar-refractivity contribution < 1.29 is 14.6 Å². The number of allylic oxidation sites excluding steroid dienone is 1. The molecule has 1 unspecified atom stereocenters. The van der Waals surface area contributed by atoms with Gasteiger partial charge in [-0.1, -0.05) is 23.9 Å². The van der Waals surface area contributed by atoms with Gasteiger partial charge in [-0.2, -0.15) is 4.98 Å². The standard InChI is InChI=1S/C16H18N4O3S/c1-4-23-14(22)12-9(2)17-15-18-16(24-3)19-20(15)13(12)10-5-7-11(21)8-6-10/h5-8,13,21H,4H2,1-3H3,(H,17,18,19). The van der Waals surface area contributed by atoms with Crippen LogP contribution in [0.2, 0.25) is 0 Å². The van der Waals surface area contributed by atoms with E-state index >= 15 is 0 Å². The summed E-state index contributed by atoms with van der Waals surface area (Å²) in [7, 11) is 0. The normalized spacial score (nSPS) is 16.5. The van der Waals surface area contributed by atoms with E-state index in [1.165, 1.54) is 11.8 Å². The molecule has 7 nitrogen and oxygen atoms in total. The third-order valence-corrected chi connectivity index (χ3v) is 4.26. The van der Waals surface area contributed by atoms with Crippen LogP contribution in [0, 0.1) is 0 Å². The number of rotatable bonds is 4. The van der Waals surface area contributed by atoms with Crippen LogP contribution in [0.3, 0.4) is 0 Å². The van der Waals surface area contributed by atoms with Crippen LogP contribution in [-0.2, 0) is 9.53 Å². The van der Waals surface area contributed by atoms with E-state index in [1.54, 1.807) is 35.9 Å². The summed E-state index contributed by atoms with van der Waals surface area (Å²) in [5.41, 5.74) is 1.97. The van der Waals surface area contributed by atoms with Gasteiger partial charge < -0.3 is 15.2 Å². The monoisotopic (exact) mass is 346 g/mol. The lowest BCUT2D eigenvalue weighted by molar-refractivity contribution is -0.139. The number of phenolic OH excluding ortho intramolecular Hbond substituents is 1. The Morgan fingerprint density at radius 1 is 1.42 bits per heavy atom. The SMILES string of the molecule is CCOC(=O)C1=C(C)Nc2nc(SC)nn2C1c1ccc(O)cc1. The number of aromatic hydroxyl groups is 1. The number of phenols is 1. The molecule has 0 saturated carbocycles. The number of nitrogens with one attached hydrogen (secondary N) is 1. The van der Waals surface area contributed by atoms with Crippen molar-refractivity contribution >= 4 is 23.7 Å². The van der Waals surface area contributed by atoms with Crippen LogP contribution >= 0.6 is 11.8 Å². The van der Waals surface area contributed by atoms with Crippen molar-refractivity contribution in [2.75, 3.05) is 18.2 Å². The molecule has 24 heavy (non-hydrogen) atoms. The van der Waals surface area contributed by atoms with Gasteiger partial charge in [-0.15, -0.1) is 5.10 Å². The van der Waals surface area contributed by atoms with E-state index in [1.807, 2.05) is 13.2 Å². The fraction of sp³-hybridized carbons (Fsp3) is 0.312. The van der Waals surface area contributed by atoms with Crippen LogP contribution in [0.25, 0.3) is 0 Å². The third kappa shape index (κ3) is 2.84. The van der Waals surface area contributed by atoms with E-state index in [4.69, 9.17) is 4.74 Å². The van der Waals surface area contributed by atoms with Crippen LogP contribution in [0.15, 0.2) is 40.7 Å². The number of ether oxygens (including phenoxy) is 1. The first-order valence-corrected chi connectivity index (χ1v) is 8.72. The minimum Gasteiger partial charge on any atom is -0.508 e. The van der Waals surface area contributed by atoms with Gasteiger partial charge in [0.2, 0.25) is 11.1 Å². The number of hydrogen-bond donors (Lipinski definition) is 2. The minimum absolute atomic E-state index is 0.162. The van der Waals surface area contributed by atoms with E-state index in [0.29, 0.717) is 22.4 Å². The highest BCUT2D eigenvalue weighted by Crippen LogP contribution is 2.36. The van der Waals surface area contributed by atoms with Crippen LogP contribution < -0.4 is 5.32 Å². The molecule has 0 bridgehead atoms. The summed E-state index contributed by atoms with van der Waals surface area (Å²) < 4.78 is 6.90. The molecule has 3 rings (SSSR count). The van der Waals surface area contributed by atoms with Crippen LogP contribution in [0.4, 0.5) is 5.95 Å². The highest BCUT2D eigenvalue weighted by atomic mass is 32.2. The number of benzene rings is 1. The van der Waals surface area contributed by atoms with Gasteiger partial charge in [-0.25, -0.2) is 9.48 Å². The maximum atomic E-state index is 12.5. The molecule has 1 aromatic heterocycles. The lowest BCUT2D eigenvalue weighted by Gasteiger charge is -2.28. The van der Waals surface area contributed by atoms with Crippen molar-refractivity contribution in [2.24, 2.45) is 0 Å². The summed E-state index contributed by atoms with van der Waals surface area (Å²) in [4.78, 5) is 16.9. The van der Waals surface area contributed by atoms with Gasteiger partial charge >= 0.3 is 5.97 Å². The second-order valence-corrected chi connectivity index (χ2v) is 6.02. The fourth-order valence-electron chi connectivity index (χ4n) is 2.66. The zero-order chi connectivity index (χ0) is 17.3. The summed E-state index contributed by atoms with van der Waals surface area (Å²) in [5.74, 6) is 0.338. The number of nitrogens with zero attached hydrogens (tertiary/aromatic N) is 3. The summed E-state index contributed by atoms with van der Waals surface area (Å²) in [5, 5.41) is 17.8. The molecule has 2 heterocycles. The summed E-state index contributed by atoms with van der Waals surface area (Å²) in [6.07, 6.45) is 1.89. The first-order chi connectivity index (χ1) is 11.5. The molecular formula is C16H18N4O3S. The summed E-state index contributed by atoms with van der Waals surface area (Å²) in [6.45, 7) is 3.88. The molecule has 0 saturated heterocycles. The van der Waals surface area contributed by atoms with Gasteiger partial charge in [0.1, 0.15) is 11.8 Å². The molecule has 1 aliphatic rings. The molecule has 0 spiro atoms. The zero-order valence-corrected chi connectivity index (χ0v) is 14.4. The quantitative estimate of drug-likeness (QED) is 0.649. The molecule has 1 atom stereocenters. The smallest absolute Gasteiger partial charge is 0.338 e. The summed E-state index contributed by atoms with van der Waals surface area (Å²) >= 11 is 1.43. The molecule has 0 aliphatic carbocycles. The first-order valence-electron chi connectivity index (χ1n) is 7.49. The number of carbonyl (C=O) groups is 1. The number of hydrogen-bond acceptors (Lipinski definition) is 7. The highest BCUT2D eigenvalue weighted by Gasteiger charge is 2.35. The molecule has 0 fully saturated rings. The highest BCUT2D eigenvalue weighted by molar-refractivity contribution is 7.98. The number of thioether (sulfide) groups is 1. The van der Waals surface area contributed by atoms with Gasteiger partial charge in [-0.05, 0) is 37.8 Å². The summed E-state index contributed by atoms with van der Waals surface area (Å²) in [6, 6.07) is 6.24. The number of anilines is 1. The Morgan fingerprint density at radius 3 is 2.75 bits per heavy atom. The molecule has 0 radical (unpaired) electrons. The van der Waals surface area contributed by atoms with E-state index in [0.717, 1.165) is 5.56 Å². The van der Waals surface area contributed by atoms with Gasteiger partial charge in [-0.3, -0.25) is 0 Å². The van der Waals surface area contributed by atoms with Crippen molar-refractivity contribution in [3.05, 3.63) is 41.1 Å². The van der Waals surface area contributed by atoms with Gasteiger partial charge in [0.25, 0.3) is 0 Å². The molecule has 8 heteroatoms. The molecular weight excluding hydrogens is 328 g/mol. The fourth-order valence-corrected chi connectivity index (χ4v) is 3.00. The molecule has 0 amide bonds. The molecule has 2 aromatic rings. The number of carbonyl (C=O) groups excluding carboxylic acids is 1. The topological polar surface area (TPSA) is 89.3 Å². The first kappa shape index (κ1) is 16.4. The van der Waals surface area contributed by atoms with Gasteiger partial charge in [0, 0.05) is 5.70 Å². The van der Waals surface area contributed by atoms with E-state index in [9.17, 15) is 9.90 Å². The lowest BCUT2D eigenvalue weighted by Crippen LogP contribution is -2.29. The Morgan fingerprint density at radius 2 is 2.12 bits per heavy atom. The van der Waals surface area contributed by atoms with E-state index < -0.39 is 12.0 Å². The Hall–Kier alpha value is -2.48. The zero-order valence-electron chi connectivity index (χ0n) is 13.6. The molecule has 2 N–H and O–H groups in total. The average Bonchev–Trinajstić information content (AvgIpc) is 2.97. The maximum Gasteiger partial charge on any atom is 0.338 e. The third-order valence-electron chi connectivity index (χ3n) is 3.72. The molecule has 126 valence electrons. The Labute approximate surface area is 143 Å². The van der Waals surface area contributed by atoms with Gasteiger partial charge in [0.05, 0.1) is 12.2 Å². The second-order valence-electron chi connectivity index (χ2n) is 5.24. The van der Waals surface area contributed by atoms with Crippen molar-refractivity contribution in [1.29, 1.82) is 0 Å². The Bertz CT molecular complexity index is 798. The number of fused-ring (bicyclic) bond motifs is 1. The van der Waals surface area contributed by atoms with Crippen LogP contribution in [0.1, 0.15) is 25.5 Å². The lowest BCUT2D eigenvalue weighted by atomic mass is 9.96. The van der Waals surface area contributed by atoms with Crippen molar-refractivity contribution in [2.45, 2.75) is 25.0 Å². The number of esters is 1. The van der Waals surface area contributed by atoms with Crippen molar-refractivity contribution in [1.82, 2.24) is 14.8 Å². The minimum atomic E-state index is -0.464. The largest absolute Gasteiger partial charge is 0.508 e. The second kappa shape index (κ2) is 6.56. The van der Waals surface area contributed by atoms with Crippen LogP contribution in [0.5, 0.6) is 5.75 Å². The van der Waals surface area contributed by atoms with E-state index in [2.05, 4.69) is 15.4 Å². The van der Waals surface area contributed by atoms with Crippen molar-refractivity contribution in [3.8, 4) is 5.75 Å².